The maximum absolute atomic E-state index is 13.5. The Morgan fingerprint density at radius 3 is 1.93 bits per heavy atom. The van der Waals surface area contributed by atoms with Crippen molar-refractivity contribution in [2.45, 2.75) is 38.8 Å². The third-order valence-electron chi connectivity index (χ3n) is 7.09. The van der Waals surface area contributed by atoms with Crippen LogP contribution >= 0.6 is 0 Å². The molecule has 208 valence electrons. The van der Waals surface area contributed by atoms with E-state index in [9.17, 15) is 29.1 Å². The van der Waals surface area contributed by atoms with Crippen molar-refractivity contribution in [1.82, 2.24) is 9.80 Å². The van der Waals surface area contributed by atoms with E-state index >= 15 is 0 Å². The number of benzene rings is 3. The summed E-state index contributed by atoms with van der Waals surface area (Å²) in [6.07, 6.45) is -0.978. The van der Waals surface area contributed by atoms with E-state index < -0.39 is 41.7 Å². The minimum atomic E-state index is -1.32. The average Bonchev–Trinajstić information content (AvgIpc) is 3.16. The van der Waals surface area contributed by atoms with E-state index in [1.165, 1.54) is 24.3 Å². The number of carbonyl (C=O) groups is 5. The van der Waals surface area contributed by atoms with Gasteiger partial charge in [0.25, 0.3) is 11.8 Å². The van der Waals surface area contributed by atoms with Crippen molar-refractivity contribution in [2.75, 3.05) is 13.1 Å². The van der Waals surface area contributed by atoms with Crippen molar-refractivity contribution in [3.05, 3.63) is 82.9 Å². The predicted octanol–water partition coefficient (Wildman–Crippen LogP) is 4.19. The molecule has 40 heavy (non-hydrogen) atoms. The molecule has 4 N–H and O–H groups in total. The topological polar surface area (TPSA) is 158 Å². The Kier molecular flexibility index (Phi) is 8.29. The Labute approximate surface area is 231 Å². The zero-order valence-corrected chi connectivity index (χ0v) is 22.2. The van der Waals surface area contributed by atoms with Gasteiger partial charge in [-0.1, -0.05) is 50.2 Å². The zero-order chi connectivity index (χ0) is 29.1. The molecule has 0 radical (unpaired) electrons. The summed E-state index contributed by atoms with van der Waals surface area (Å²) in [5.41, 5.74) is 7.25. The van der Waals surface area contributed by atoms with E-state index in [0.29, 0.717) is 16.7 Å². The fraction of sp³-hybridized carbons (Fsp3) is 0.300. The lowest BCUT2D eigenvalue weighted by Crippen LogP contribution is -2.49. The number of amides is 3. The number of aromatic carboxylic acids is 1. The Bertz CT molecular complexity index is 1430. The summed E-state index contributed by atoms with van der Waals surface area (Å²) >= 11 is 0. The van der Waals surface area contributed by atoms with Gasteiger partial charge in [0.1, 0.15) is 0 Å². The van der Waals surface area contributed by atoms with E-state index in [-0.39, 0.29) is 37.4 Å². The number of nitrogens with two attached hydrogens (primary N) is 1. The fourth-order valence-corrected chi connectivity index (χ4v) is 5.01. The van der Waals surface area contributed by atoms with E-state index in [4.69, 9.17) is 10.8 Å². The number of hydrogen-bond acceptors (Lipinski definition) is 6. The Morgan fingerprint density at radius 2 is 1.45 bits per heavy atom. The van der Waals surface area contributed by atoms with Gasteiger partial charge in [0, 0.05) is 13.1 Å². The minimum absolute atomic E-state index is 0.0161. The number of Topliss-reactive ketones (excluding diaryl/α,β-unsaturated/α-hetero) is 1. The molecule has 0 spiro atoms. The molecule has 3 amide bonds. The molecular formula is C30H31N3O7. The van der Waals surface area contributed by atoms with Gasteiger partial charge in [0.05, 0.1) is 28.8 Å². The highest BCUT2D eigenvalue weighted by Gasteiger charge is 2.37. The summed E-state index contributed by atoms with van der Waals surface area (Å²) in [7, 11) is 0. The summed E-state index contributed by atoms with van der Waals surface area (Å²) < 4.78 is 0. The van der Waals surface area contributed by atoms with E-state index in [1.807, 2.05) is 38.1 Å². The summed E-state index contributed by atoms with van der Waals surface area (Å²) in [6, 6.07) is 14.1. The second kappa shape index (κ2) is 11.7. The fourth-order valence-electron chi connectivity index (χ4n) is 5.01. The lowest BCUT2D eigenvalue weighted by Gasteiger charge is -2.31. The minimum Gasteiger partial charge on any atom is -0.478 e. The summed E-state index contributed by atoms with van der Waals surface area (Å²) in [4.78, 5) is 65.1. The Morgan fingerprint density at radius 1 is 0.900 bits per heavy atom. The number of hydrogen-bond donors (Lipinski definition) is 3. The van der Waals surface area contributed by atoms with Crippen LogP contribution < -0.4 is 5.73 Å². The SMILES string of the molecule is CC(C)CC(C(=O)C(N)c1ccc(C(=O)O)cc1)N(CCCN1C(=O)c2cc3ccccc3cc2C1=O)C(=O)O. The molecule has 0 aliphatic carbocycles. The zero-order valence-electron chi connectivity index (χ0n) is 22.2. The number of carbonyl (C=O) groups excluding carboxylic acids is 3. The van der Waals surface area contributed by atoms with Crippen LogP contribution in [0.1, 0.15) is 69.4 Å². The lowest BCUT2D eigenvalue weighted by molar-refractivity contribution is -0.125. The molecule has 0 saturated carbocycles. The lowest BCUT2D eigenvalue weighted by atomic mass is 9.91. The molecule has 0 bridgehead atoms. The number of fused-ring (bicyclic) bond motifs is 2. The van der Waals surface area contributed by atoms with Crippen LogP contribution in [-0.4, -0.2) is 68.8 Å². The van der Waals surface area contributed by atoms with Crippen LogP contribution in [0.4, 0.5) is 4.79 Å². The third kappa shape index (κ3) is 5.72. The van der Waals surface area contributed by atoms with Crippen LogP contribution in [-0.2, 0) is 4.79 Å². The Balaban J connectivity index is 1.49. The first-order valence-corrected chi connectivity index (χ1v) is 13.0. The highest BCUT2D eigenvalue weighted by Crippen LogP contribution is 2.28. The van der Waals surface area contributed by atoms with Gasteiger partial charge in [-0.05, 0) is 59.4 Å². The van der Waals surface area contributed by atoms with Gasteiger partial charge in [-0.15, -0.1) is 0 Å². The molecule has 1 aliphatic heterocycles. The van der Waals surface area contributed by atoms with Gasteiger partial charge in [-0.25, -0.2) is 9.59 Å². The van der Waals surface area contributed by atoms with Gasteiger partial charge >= 0.3 is 12.1 Å². The molecular weight excluding hydrogens is 514 g/mol. The van der Waals surface area contributed by atoms with Crippen LogP contribution in [0.15, 0.2) is 60.7 Å². The summed E-state index contributed by atoms with van der Waals surface area (Å²) in [5, 5.41) is 20.8. The Hall–Kier alpha value is -4.57. The molecule has 0 saturated heterocycles. The van der Waals surface area contributed by atoms with Gasteiger partial charge in [-0.2, -0.15) is 0 Å². The maximum atomic E-state index is 13.5. The van der Waals surface area contributed by atoms with Crippen LogP contribution in [0, 0.1) is 5.92 Å². The van der Waals surface area contributed by atoms with Crippen molar-refractivity contribution >= 4 is 40.4 Å². The van der Waals surface area contributed by atoms with Crippen molar-refractivity contribution in [3.8, 4) is 0 Å². The quantitative estimate of drug-likeness (QED) is 0.303. The molecule has 3 aromatic rings. The summed E-state index contributed by atoms with van der Waals surface area (Å²) in [6.45, 7) is 3.60. The van der Waals surface area contributed by atoms with Crippen LogP contribution in [0.3, 0.4) is 0 Å². The number of carboxylic acids is 1. The van der Waals surface area contributed by atoms with Gasteiger partial charge in [0.15, 0.2) is 5.78 Å². The maximum Gasteiger partial charge on any atom is 0.407 e. The van der Waals surface area contributed by atoms with Gasteiger partial charge in [0.2, 0.25) is 0 Å². The predicted molar refractivity (Wildman–Crippen MR) is 147 cm³/mol. The smallest absolute Gasteiger partial charge is 0.407 e. The molecule has 4 rings (SSSR count). The van der Waals surface area contributed by atoms with E-state index in [2.05, 4.69) is 0 Å². The standard InChI is InChI=1S/C30H31N3O7/c1-17(2)14-24(26(34)25(31)18-8-10-19(11-9-18)29(37)38)32(30(39)40)12-5-13-33-27(35)22-15-20-6-3-4-7-21(20)16-23(22)28(33)36/h3-4,6-11,15-17,24-25H,5,12-14,31H2,1-2H3,(H,37,38)(H,39,40). The number of carboxylic acid groups (broad SMARTS) is 2. The molecule has 10 heteroatoms. The number of nitrogens with zero attached hydrogens (tertiary/aromatic N) is 2. The molecule has 1 aliphatic rings. The molecule has 2 unspecified atom stereocenters. The van der Waals surface area contributed by atoms with Crippen molar-refractivity contribution in [3.63, 3.8) is 0 Å². The highest BCUT2D eigenvalue weighted by molar-refractivity contribution is 6.23. The largest absolute Gasteiger partial charge is 0.478 e. The first-order valence-electron chi connectivity index (χ1n) is 13.0. The molecule has 0 fully saturated rings. The van der Waals surface area contributed by atoms with Crippen LogP contribution in [0.2, 0.25) is 0 Å². The van der Waals surface area contributed by atoms with Gasteiger partial charge in [-0.3, -0.25) is 24.2 Å². The normalized spacial score (nSPS) is 14.3. The first-order chi connectivity index (χ1) is 19.0. The van der Waals surface area contributed by atoms with E-state index in [1.54, 1.807) is 12.1 Å². The van der Waals surface area contributed by atoms with E-state index in [0.717, 1.165) is 20.6 Å². The third-order valence-corrected chi connectivity index (χ3v) is 7.09. The molecule has 10 nitrogen and oxygen atoms in total. The molecule has 3 aromatic carbocycles. The second-order valence-electron chi connectivity index (χ2n) is 10.3. The van der Waals surface area contributed by atoms with Crippen molar-refractivity contribution < 1.29 is 34.2 Å². The number of ketones is 1. The average molecular weight is 546 g/mol. The summed E-state index contributed by atoms with van der Waals surface area (Å²) in [5.74, 6) is -2.55. The first kappa shape index (κ1) is 28.4. The number of imide groups is 1. The number of rotatable bonds is 11. The second-order valence-corrected chi connectivity index (χ2v) is 10.3. The van der Waals surface area contributed by atoms with Gasteiger partial charge < -0.3 is 15.9 Å². The molecule has 2 atom stereocenters. The molecule has 0 aromatic heterocycles. The highest BCUT2D eigenvalue weighted by atomic mass is 16.4. The van der Waals surface area contributed by atoms with Crippen LogP contribution in [0.25, 0.3) is 10.8 Å². The monoisotopic (exact) mass is 545 g/mol. The van der Waals surface area contributed by atoms with Crippen LogP contribution in [0.5, 0.6) is 0 Å². The van der Waals surface area contributed by atoms with Crippen molar-refractivity contribution in [1.29, 1.82) is 0 Å². The van der Waals surface area contributed by atoms with Crippen molar-refractivity contribution in [2.24, 2.45) is 11.7 Å². The molecule has 1 heterocycles.